The topological polar surface area (TPSA) is 35.3 Å². The average Bonchev–Trinajstić information content (AvgIpc) is 3.07. The van der Waals surface area contributed by atoms with Crippen molar-refractivity contribution in [3.05, 3.63) is 41.7 Å². The van der Waals surface area contributed by atoms with Crippen LogP contribution in [0.3, 0.4) is 0 Å². The molecule has 1 aliphatic rings. The maximum atomic E-state index is 5.87. The third kappa shape index (κ3) is 3.50. The summed E-state index contributed by atoms with van der Waals surface area (Å²) in [6.07, 6.45) is 3.20. The lowest BCUT2D eigenvalue weighted by Crippen LogP contribution is -2.11. The molecule has 0 aliphatic carbocycles. The van der Waals surface area contributed by atoms with Crippen molar-refractivity contribution in [2.45, 2.75) is 44.6 Å². The van der Waals surface area contributed by atoms with Gasteiger partial charge in [0.25, 0.3) is 0 Å². The zero-order valence-electron chi connectivity index (χ0n) is 12.5. The molecule has 2 aromatic rings. The molecule has 2 heterocycles. The lowest BCUT2D eigenvalue weighted by molar-refractivity contribution is 0.0700. The number of benzene rings is 1. The van der Waals surface area contributed by atoms with Crippen LogP contribution in [0.4, 0.5) is 0 Å². The molecular formula is C17H21NO2S. The second kappa shape index (κ2) is 6.67. The van der Waals surface area contributed by atoms with Crippen LogP contribution >= 0.6 is 11.8 Å². The number of ether oxygens (including phenoxy) is 1. The first-order chi connectivity index (χ1) is 10.2. The zero-order chi connectivity index (χ0) is 14.7. The lowest BCUT2D eigenvalue weighted by Gasteiger charge is -2.10. The SMILES string of the molecule is Cc1onc(-c2ccccc2)c1CSCC1CCC(C)O1. The molecule has 2 unspecified atom stereocenters. The van der Waals surface area contributed by atoms with Crippen molar-refractivity contribution in [2.75, 3.05) is 5.75 Å². The number of aryl methyl sites for hydroxylation is 1. The normalized spacial score (nSPS) is 21.8. The van der Waals surface area contributed by atoms with Crippen molar-refractivity contribution in [2.24, 2.45) is 0 Å². The summed E-state index contributed by atoms with van der Waals surface area (Å²) in [6, 6.07) is 10.2. The quantitative estimate of drug-likeness (QED) is 0.817. The highest BCUT2D eigenvalue weighted by molar-refractivity contribution is 7.98. The van der Waals surface area contributed by atoms with E-state index in [1.807, 2.05) is 36.9 Å². The van der Waals surface area contributed by atoms with Crippen LogP contribution in [0.15, 0.2) is 34.9 Å². The number of hydrogen-bond acceptors (Lipinski definition) is 4. The summed E-state index contributed by atoms with van der Waals surface area (Å²) in [5.41, 5.74) is 3.30. The Kier molecular flexibility index (Phi) is 4.66. The zero-order valence-corrected chi connectivity index (χ0v) is 13.4. The number of nitrogens with zero attached hydrogens (tertiary/aromatic N) is 1. The molecule has 0 N–H and O–H groups in total. The van der Waals surface area contributed by atoms with Crippen molar-refractivity contribution in [1.29, 1.82) is 0 Å². The van der Waals surface area contributed by atoms with Crippen LogP contribution < -0.4 is 0 Å². The number of hydrogen-bond donors (Lipinski definition) is 0. The van der Waals surface area contributed by atoms with Gasteiger partial charge in [0.2, 0.25) is 0 Å². The highest BCUT2D eigenvalue weighted by atomic mass is 32.2. The van der Waals surface area contributed by atoms with Gasteiger partial charge in [-0.25, -0.2) is 0 Å². The fraction of sp³-hybridized carbons (Fsp3) is 0.471. The lowest BCUT2D eigenvalue weighted by atomic mass is 10.1. The minimum atomic E-state index is 0.408. The van der Waals surface area contributed by atoms with E-state index >= 15 is 0 Å². The summed E-state index contributed by atoms with van der Waals surface area (Å²) in [4.78, 5) is 0. The predicted octanol–water partition coefficient (Wildman–Crippen LogP) is 4.45. The monoisotopic (exact) mass is 303 g/mol. The summed E-state index contributed by atoms with van der Waals surface area (Å²) in [5, 5.41) is 4.23. The molecule has 21 heavy (non-hydrogen) atoms. The van der Waals surface area contributed by atoms with Crippen molar-refractivity contribution in [3.63, 3.8) is 0 Å². The van der Waals surface area contributed by atoms with Gasteiger partial charge < -0.3 is 9.26 Å². The standard InChI is InChI=1S/C17H21NO2S/c1-12-8-9-15(19-12)10-21-11-16-13(2)20-18-17(16)14-6-4-3-5-7-14/h3-7,12,15H,8-11H2,1-2H3. The third-order valence-corrected chi connectivity index (χ3v) is 5.00. The highest BCUT2D eigenvalue weighted by Crippen LogP contribution is 2.30. The van der Waals surface area contributed by atoms with Gasteiger partial charge in [-0.1, -0.05) is 35.5 Å². The Balaban J connectivity index is 1.64. The molecule has 0 amide bonds. The van der Waals surface area contributed by atoms with Gasteiger partial charge in [-0.05, 0) is 26.7 Å². The van der Waals surface area contributed by atoms with E-state index in [4.69, 9.17) is 9.26 Å². The van der Waals surface area contributed by atoms with Crippen LogP contribution in [-0.2, 0) is 10.5 Å². The summed E-state index contributed by atoms with van der Waals surface area (Å²) in [7, 11) is 0. The van der Waals surface area contributed by atoms with E-state index < -0.39 is 0 Å². The highest BCUT2D eigenvalue weighted by Gasteiger charge is 2.22. The molecule has 0 saturated carbocycles. The van der Waals surface area contributed by atoms with Gasteiger partial charge in [-0.2, -0.15) is 11.8 Å². The maximum absolute atomic E-state index is 5.87. The number of thioether (sulfide) groups is 1. The Hall–Kier alpha value is -1.26. The molecule has 1 aromatic heterocycles. The van der Waals surface area contributed by atoms with Crippen molar-refractivity contribution in [3.8, 4) is 11.3 Å². The summed E-state index contributed by atoms with van der Waals surface area (Å²) in [6.45, 7) is 4.14. The fourth-order valence-corrected chi connectivity index (χ4v) is 3.85. The van der Waals surface area contributed by atoms with E-state index in [2.05, 4.69) is 24.2 Å². The first-order valence-corrected chi connectivity index (χ1v) is 8.63. The van der Waals surface area contributed by atoms with Gasteiger partial charge in [0.1, 0.15) is 11.5 Å². The Morgan fingerprint density at radius 3 is 2.76 bits per heavy atom. The van der Waals surface area contributed by atoms with E-state index in [0.717, 1.165) is 28.5 Å². The molecule has 0 radical (unpaired) electrons. The third-order valence-electron chi connectivity index (χ3n) is 3.90. The van der Waals surface area contributed by atoms with Crippen LogP contribution in [-0.4, -0.2) is 23.1 Å². The Morgan fingerprint density at radius 2 is 2.05 bits per heavy atom. The van der Waals surface area contributed by atoms with Gasteiger partial charge in [0.15, 0.2) is 0 Å². The fourth-order valence-electron chi connectivity index (χ4n) is 2.68. The molecule has 3 rings (SSSR count). The molecule has 1 aromatic carbocycles. The Morgan fingerprint density at radius 1 is 1.24 bits per heavy atom. The first-order valence-electron chi connectivity index (χ1n) is 7.48. The van der Waals surface area contributed by atoms with Crippen LogP contribution in [0.5, 0.6) is 0 Å². The Bertz CT molecular complexity index is 582. The molecule has 0 bridgehead atoms. The largest absolute Gasteiger partial charge is 0.374 e. The smallest absolute Gasteiger partial charge is 0.138 e. The van der Waals surface area contributed by atoms with Crippen LogP contribution in [0.1, 0.15) is 31.1 Å². The molecule has 1 aliphatic heterocycles. The maximum Gasteiger partial charge on any atom is 0.138 e. The molecule has 0 spiro atoms. The Labute approximate surface area is 130 Å². The molecule has 112 valence electrons. The average molecular weight is 303 g/mol. The van der Waals surface area contributed by atoms with Crippen molar-refractivity contribution < 1.29 is 9.26 Å². The summed E-state index contributed by atoms with van der Waals surface area (Å²) >= 11 is 1.91. The van der Waals surface area contributed by atoms with Gasteiger partial charge in [-0.15, -0.1) is 0 Å². The van der Waals surface area contributed by atoms with E-state index in [1.54, 1.807) is 0 Å². The van der Waals surface area contributed by atoms with E-state index in [-0.39, 0.29) is 0 Å². The molecule has 2 atom stereocenters. The number of aromatic nitrogens is 1. The predicted molar refractivity (Wildman–Crippen MR) is 86.4 cm³/mol. The van der Waals surface area contributed by atoms with E-state index in [1.165, 1.54) is 18.4 Å². The first kappa shape index (κ1) is 14.7. The summed E-state index contributed by atoms with van der Waals surface area (Å²) < 4.78 is 11.3. The molecular weight excluding hydrogens is 282 g/mol. The molecule has 4 heteroatoms. The van der Waals surface area contributed by atoms with Gasteiger partial charge >= 0.3 is 0 Å². The molecule has 1 fully saturated rings. The minimum absolute atomic E-state index is 0.408. The second-order valence-electron chi connectivity index (χ2n) is 5.59. The van der Waals surface area contributed by atoms with Gasteiger partial charge in [0, 0.05) is 22.6 Å². The second-order valence-corrected chi connectivity index (χ2v) is 6.62. The van der Waals surface area contributed by atoms with Gasteiger partial charge in [0.05, 0.1) is 12.2 Å². The van der Waals surface area contributed by atoms with Crippen LogP contribution in [0.2, 0.25) is 0 Å². The van der Waals surface area contributed by atoms with Crippen LogP contribution in [0.25, 0.3) is 11.3 Å². The molecule has 3 nitrogen and oxygen atoms in total. The minimum Gasteiger partial charge on any atom is -0.374 e. The summed E-state index contributed by atoms with van der Waals surface area (Å²) in [5.74, 6) is 2.89. The van der Waals surface area contributed by atoms with E-state index in [0.29, 0.717) is 12.2 Å². The van der Waals surface area contributed by atoms with Gasteiger partial charge in [-0.3, -0.25) is 0 Å². The van der Waals surface area contributed by atoms with Crippen molar-refractivity contribution >= 4 is 11.8 Å². The van der Waals surface area contributed by atoms with E-state index in [9.17, 15) is 0 Å². The molecule has 1 saturated heterocycles. The number of rotatable bonds is 5. The van der Waals surface area contributed by atoms with Crippen LogP contribution in [0, 0.1) is 6.92 Å². The van der Waals surface area contributed by atoms with Crippen molar-refractivity contribution in [1.82, 2.24) is 5.16 Å².